The van der Waals surface area contributed by atoms with Crippen molar-refractivity contribution in [3.8, 4) is 0 Å². The summed E-state index contributed by atoms with van der Waals surface area (Å²) in [5.74, 6) is -0.343. The van der Waals surface area contributed by atoms with E-state index in [1.807, 2.05) is 0 Å². The van der Waals surface area contributed by atoms with Crippen LogP contribution in [0.25, 0.3) is 0 Å². The van der Waals surface area contributed by atoms with Crippen molar-refractivity contribution in [3.63, 3.8) is 0 Å². The summed E-state index contributed by atoms with van der Waals surface area (Å²) in [6, 6.07) is -0.161. The van der Waals surface area contributed by atoms with Crippen LogP contribution in [0, 0.1) is 11.8 Å². The fraction of sp³-hybridized carbons (Fsp3) is 0.867. The number of nitrogens with one attached hydrogen (secondary N) is 2. The van der Waals surface area contributed by atoms with Gasteiger partial charge in [-0.15, -0.1) is 0 Å². The largest absolute Gasteiger partial charge is 0.481 e. The smallest absolute Gasteiger partial charge is 0.315 e. The molecular weight excluding hydrogens is 256 g/mol. The molecule has 0 spiro atoms. The molecule has 1 aliphatic rings. The Hall–Kier alpha value is -1.26. The molecule has 2 atom stereocenters. The van der Waals surface area contributed by atoms with Crippen LogP contribution in [0.2, 0.25) is 0 Å². The molecule has 20 heavy (non-hydrogen) atoms. The van der Waals surface area contributed by atoms with Gasteiger partial charge in [-0.1, -0.05) is 33.1 Å². The van der Waals surface area contributed by atoms with Crippen molar-refractivity contribution in [2.75, 3.05) is 6.54 Å². The molecule has 2 amide bonds. The Labute approximate surface area is 121 Å². The van der Waals surface area contributed by atoms with Crippen molar-refractivity contribution in [1.82, 2.24) is 10.6 Å². The first-order chi connectivity index (χ1) is 9.49. The number of urea groups is 1. The lowest BCUT2D eigenvalue weighted by atomic mass is 9.86. The summed E-state index contributed by atoms with van der Waals surface area (Å²) < 4.78 is 0. The van der Waals surface area contributed by atoms with Crippen LogP contribution < -0.4 is 10.6 Å². The highest BCUT2D eigenvalue weighted by molar-refractivity contribution is 5.74. The summed E-state index contributed by atoms with van der Waals surface area (Å²) in [7, 11) is 0. The zero-order valence-electron chi connectivity index (χ0n) is 12.7. The van der Waals surface area contributed by atoms with E-state index in [4.69, 9.17) is 5.11 Å². The number of aliphatic carboxylic acids is 1. The average Bonchev–Trinajstić information content (AvgIpc) is 2.38. The molecule has 0 aromatic rings. The quantitative estimate of drug-likeness (QED) is 0.629. The number of carbonyl (C=O) groups excluding carboxylic acids is 1. The molecule has 0 bridgehead atoms. The van der Waals surface area contributed by atoms with Crippen LogP contribution in [0.15, 0.2) is 0 Å². The fourth-order valence-electron chi connectivity index (χ4n) is 2.66. The normalized spacial score (nSPS) is 22.6. The standard InChI is InChI=1S/C15H28N2O3/c1-11(2)6-3-4-9-16-15(20)17-13-8-5-7-12(10-13)14(18)19/h11-13H,3-10H2,1-2H3,(H,18,19)(H2,16,17,20). The third-order valence-corrected chi connectivity index (χ3v) is 3.85. The van der Waals surface area contributed by atoms with Crippen LogP contribution >= 0.6 is 0 Å². The molecule has 0 aliphatic heterocycles. The number of rotatable bonds is 7. The first kappa shape index (κ1) is 16.8. The maximum atomic E-state index is 11.7. The minimum atomic E-state index is -0.745. The zero-order chi connectivity index (χ0) is 15.0. The minimum Gasteiger partial charge on any atom is -0.481 e. The van der Waals surface area contributed by atoms with Crippen LogP contribution in [-0.2, 0) is 4.79 Å². The number of carbonyl (C=O) groups is 2. The van der Waals surface area contributed by atoms with Crippen LogP contribution in [0.1, 0.15) is 58.8 Å². The van der Waals surface area contributed by atoms with Crippen molar-refractivity contribution in [1.29, 1.82) is 0 Å². The van der Waals surface area contributed by atoms with Gasteiger partial charge in [-0.05, 0) is 31.6 Å². The molecule has 1 fully saturated rings. The molecule has 3 N–H and O–H groups in total. The molecule has 0 saturated heterocycles. The van der Waals surface area contributed by atoms with E-state index in [0.717, 1.165) is 32.1 Å². The number of unbranched alkanes of at least 4 members (excludes halogenated alkanes) is 1. The first-order valence-electron chi connectivity index (χ1n) is 7.76. The predicted molar refractivity (Wildman–Crippen MR) is 78.6 cm³/mol. The molecular formula is C15H28N2O3. The lowest BCUT2D eigenvalue weighted by Crippen LogP contribution is -2.45. The van der Waals surface area contributed by atoms with Crippen molar-refractivity contribution in [3.05, 3.63) is 0 Å². The van der Waals surface area contributed by atoms with Gasteiger partial charge in [0, 0.05) is 12.6 Å². The molecule has 5 heteroatoms. The van der Waals surface area contributed by atoms with Crippen molar-refractivity contribution < 1.29 is 14.7 Å². The Morgan fingerprint density at radius 3 is 2.65 bits per heavy atom. The average molecular weight is 284 g/mol. The second-order valence-electron chi connectivity index (χ2n) is 6.19. The predicted octanol–water partition coefficient (Wildman–Crippen LogP) is 2.76. The lowest BCUT2D eigenvalue weighted by Gasteiger charge is -2.27. The van der Waals surface area contributed by atoms with E-state index < -0.39 is 5.97 Å². The van der Waals surface area contributed by atoms with E-state index in [9.17, 15) is 9.59 Å². The van der Waals surface area contributed by atoms with Crippen LogP contribution in [-0.4, -0.2) is 29.7 Å². The van der Waals surface area contributed by atoms with Crippen molar-refractivity contribution >= 4 is 12.0 Å². The summed E-state index contributed by atoms with van der Waals surface area (Å²) in [4.78, 5) is 22.7. The third kappa shape index (κ3) is 6.78. The van der Waals surface area contributed by atoms with E-state index in [1.165, 1.54) is 6.42 Å². The van der Waals surface area contributed by atoms with Crippen LogP contribution in [0.5, 0.6) is 0 Å². The van der Waals surface area contributed by atoms with Gasteiger partial charge in [-0.2, -0.15) is 0 Å². The highest BCUT2D eigenvalue weighted by Gasteiger charge is 2.27. The summed E-state index contributed by atoms with van der Waals surface area (Å²) in [5, 5.41) is 14.7. The lowest BCUT2D eigenvalue weighted by molar-refractivity contribution is -0.143. The molecule has 1 rings (SSSR count). The number of amides is 2. The second kappa shape index (κ2) is 8.82. The Morgan fingerprint density at radius 2 is 2.00 bits per heavy atom. The van der Waals surface area contributed by atoms with E-state index in [-0.39, 0.29) is 18.0 Å². The maximum Gasteiger partial charge on any atom is 0.315 e. The number of carboxylic acid groups (broad SMARTS) is 1. The number of hydrogen-bond acceptors (Lipinski definition) is 2. The van der Waals surface area contributed by atoms with Crippen LogP contribution in [0.3, 0.4) is 0 Å². The molecule has 0 aromatic carbocycles. The van der Waals surface area contributed by atoms with Gasteiger partial charge in [0.25, 0.3) is 0 Å². The van der Waals surface area contributed by atoms with Gasteiger partial charge >= 0.3 is 12.0 Å². The number of carboxylic acids is 1. The van der Waals surface area contributed by atoms with Gasteiger partial charge in [0.1, 0.15) is 0 Å². The Bertz CT molecular complexity index is 318. The first-order valence-corrected chi connectivity index (χ1v) is 7.76. The fourth-order valence-corrected chi connectivity index (χ4v) is 2.66. The summed E-state index contributed by atoms with van der Waals surface area (Å²) in [6.07, 6.45) is 6.34. The SMILES string of the molecule is CC(C)CCCCNC(=O)NC1CCCC(C(=O)O)C1. The van der Waals surface area contributed by atoms with E-state index in [2.05, 4.69) is 24.5 Å². The zero-order valence-corrected chi connectivity index (χ0v) is 12.7. The Morgan fingerprint density at radius 1 is 1.25 bits per heavy atom. The highest BCUT2D eigenvalue weighted by atomic mass is 16.4. The number of hydrogen-bond donors (Lipinski definition) is 3. The Kier molecular flexibility index (Phi) is 7.41. The highest BCUT2D eigenvalue weighted by Crippen LogP contribution is 2.24. The monoisotopic (exact) mass is 284 g/mol. The molecule has 1 aliphatic carbocycles. The summed E-state index contributed by atoms with van der Waals surface area (Å²) in [5.41, 5.74) is 0. The summed E-state index contributed by atoms with van der Waals surface area (Å²) >= 11 is 0. The van der Waals surface area contributed by atoms with Gasteiger partial charge in [0.2, 0.25) is 0 Å². The molecule has 0 radical (unpaired) electrons. The van der Waals surface area contributed by atoms with Crippen molar-refractivity contribution in [2.45, 2.75) is 64.8 Å². The molecule has 2 unspecified atom stereocenters. The Balaban J connectivity index is 2.13. The van der Waals surface area contributed by atoms with E-state index in [0.29, 0.717) is 18.9 Å². The molecule has 0 heterocycles. The van der Waals surface area contributed by atoms with Crippen molar-refractivity contribution in [2.24, 2.45) is 11.8 Å². The van der Waals surface area contributed by atoms with Gasteiger partial charge in [-0.25, -0.2) is 4.79 Å². The van der Waals surface area contributed by atoms with Gasteiger partial charge < -0.3 is 15.7 Å². The topological polar surface area (TPSA) is 78.4 Å². The molecule has 5 nitrogen and oxygen atoms in total. The molecule has 116 valence electrons. The minimum absolute atomic E-state index is 0.000476. The van der Waals surface area contributed by atoms with E-state index >= 15 is 0 Å². The maximum absolute atomic E-state index is 11.7. The molecule has 1 saturated carbocycles. The molecule has 0 aromatic heterocycles. The van der Waals surface area contributed by atoms with Gasteiger partial charge in [-0.3, -0.25) is 4.79 Å². The third-order valence-electron chi connectivity index (χ3n) is 3.85. The van der Waals surface area contributed by atoms with Gasteiger partial charge in [0.15, 0.2) is 0 Å². The second-order valence-corrected chi connectivity index (χ2v) is 6.19. The van der Waals surface area contributed by atoms with Crippen LogP contribution in [0.4, 0.5) is 4.79 Å². The van der Waals surface area contributed by atoms with Gasteiger partial charge in [0.05, 0.1) is 5.92 Å². The summed E-state index contributed by atoms with van der Waals surface area (Å²) in [6.45, 7) is 5.08. The van der Waals surface area contributed by atoms with E-state index in [1.54, 1.807) is 0 Å².